The van der Waals surface area contributed by atoms with Crippen molar-refractivity contribution >= 4 is 28.4 Å². The van der Waals surface area contributed by atoms with Gasteiger partial charge in [-0.3, -0.25) is 14.2 Å². The number of aryl methyl sites for hydroxylation is 1. The van der Waals surface area contributed by atoms with Gasteiger partial charge in [0.2, 0.25) is 0 Å². The van der Waals surface area contributed by atoms with E-state index < -0.39 is 0 Å². The van der Waals surface area contributed by atoms with E-state index in [9.17, 15) is 9.59 Å². The molecular weight excluding hydrogens is 406 g/mol. The van der Waals surface area contributed by atoms with Gasteiger partial charge in [-0.1, -0.05) is 54.2 Å². The van der Waals surface area contributed by atoms with Crippen molar-refractivity contribution in [3.05, 3.63) is 93.5 Å². The van der Waals surface area contributed by atoms with Crippen LogP contribution in [0.1, 0.15) is 40.3 Å². The van der Waals surface area contributed by atoms with Crippen LogP contribution in [0.5, 0.6) is 0 Å². The van der Waals surface area contributed by atoms with E-state index in [1.807, 2.05) is 87.0 Å². The van der Waals surface area contributed by atoms with Crippen molar-refractivity contribution in [2.75, 3.05) is 5.75 Å². The maximum Gasteiger partial charge on any atom is 0.262 e. The van der Waals surface area contributed by atoms with Gasteiger partial charge in [-0.2, -0.15) is 0 Å². The molecule has 0 bridgehead atoms. The molecule has 0 radical (unpaired) electrons. The maximum atomic E-state index is 13.4. The summed E-state index contributed by atoms with van der Waals surface area (Å²) in [6.45, 7) is 5.93. The van der Waals surface area contributed by atoms with Gasteiger partial charge in [0.1, 0.15) is 0 Å². The van der Waals surface area contributed by atoms with Gasteiger partial charge in [-0.25, -0.2) is 4.98 Å². The molecule has 2 aromatic heterocycles. The second-order valence-corrected chi connectivity index (χ2v) is 8.67. The summed E-state index contributed by atoms with van der Waals surface area (Å²) in [6.07, 6.45) is 0. The van der Waals surface area contributed by atoms with Crippen LogP contribution in [0.3, 0.4) is 0 Å². The van der Waals surface area contributed by atoms with Crippen LogP contribution in [0.4, 0.5) is 0 Å². The lowest BCUT2D eigenvalue weighted by Crippen LogP contribution is -2.27. The Morgan fingerprint density at radius 2 is 1.74 bits per heavy atom. The van der Waals surface area contributed by atoms with Crippen molar-refractivity contribution < 1.29 is 4.79 Å². The summed E-state index contributed by atoms with van der Waals surface area (Å²) in [4.78, 5) is 31.1. The third-order valence-corrected chi connectivity index (χ3v) is 6.81. The first-order valence-corrected chi connectivity index (χ1v) is 11.2. The predicted octanol–water partition coefficient (Wildman–Crippen LogP) is 4.94. The Morgan fingerprint density at radius 3 is 2.42 bits per heavy atom. The molecule has 158 valence electrons. The summed E-state index contributed by atoms with van der Waals surface area (Å²) in [5.41, 5.74) is 4.28. The molecule has 0 aliphatic carbocycles. The van der Waals surface area contributed by atoms with E-state index in [1.165, 1.54) is 11.8 Å². The minimum absolute atomic E-state index is 0.0347. The Hall–Kier alpha value is -3.12. The van der Waals surface area contributed by atoms with Gasteiger partial charge >= 0.3 is 0 Å². The Labute approximate surface area is 185 Å². The number of carbonyl (C=O) groups is 1. The summed E-state index contributed by atoms with van der Waals surface area (Å²) in [5.74, 6) is 0.254. The highest BCUT2D eigenvalue weighted by Gasteiger charge is 2.20. The molecular formula is C25H25N3O2S. The second kappa shape index (κ2) is 8.55. The van der Waals surface area contributed by atoms with Crippen molar-refractivity contribution in [3.63, 3.8) is 0 Å². The Kier molecular flexibility index (Phi) is 5.83. The SMILES string of the molecule is Cc1cc(C(=O)CSc2nc3ccccc3c(=O)n2C(C)c2ccccc2)c(C)n1C. The molecule has 6 heteroatoms. The molecule has 0 fully saturated rings. The third kappa shape index (κ3) is 3.95. The number of rotatable bonds is 6. The molecule has 1 unspecified atom stereocenters. The first-order valence-electron chi connectivity index (χ1n) is 10.2. The number of nitrogens with zero attached hydrogens (tertiary/aromatic N) is 3. The zero-order valence-electron chi connectivity index (χ0n) is 18.1. The number of aromatic nitrogens is 3. The first-order chi connectivity index (χ1) is 14.9. The Bertz CT molecular complexity index is 1320. The standard InChI is InChI=1S/C25H25N3O2S/c1-16-14-21(18(3)27(16)4)23(29)15-31-25-26-22-13-9-8-12-20(22)24(30)28(25)17(2)19-10-6-5-7-11-19/h5-14,17H,15H2,1-4H3. The third-order valence-electron chi connectivity index (χ3n) is 5.85. The fourth-order valence-electron chi connectivity index (χ4n) is 3.79. The molecule has 0 N–H and O–H groups in total. The van der Waals surface area contributed by atoms with Crippen molar-refractivity contribution in [3.8, 4) is 0 Å². The number of Topliss-reactive ketones (excluding diaryl/α,β-unsaturated/α-hetero) is 1. The van der Waals surface area contributed by atoms with Gasteiger partial charge in [-0.15, -0.1) is 0 Å². The van der Waals surface area contributed by atoms with E-state index in [-0.39, 0.29) is 23.1 Å². The van der Waals surface area contributed by atoms with Gasteiger partial charge < -0.3 is 4.57 Å². The number of hydrogen-bond donors (Lipinski definition) is 0. The van der Waals surface area contributed by atoms with Crippen molar-refractivity contribution in [2.45, 2.75) is 32.0 Å². The molecule has 0 aliphatic rings. The minimum atomic E-state index is -0.205. The molecule has 2 heterocycles. The zero-order valence-corrected chi connectivity index (χ0v) is 18.9. The van der Waals surface area contributed by atoms with Crippen LogP contribution in [0, 0.1) is 13.8 Å². The second-order valence-electron chi connectivity index (χ2n) is 7.73. The molecule has 0 aliphatic heterocycles. The van der Waals surface area contributed by atoms with Crippen LogP contribution >= 0.6 is 11.8 Å². The molecule has 0 saturated carbocycles. The first kappa shape index (κ1) is 21.1. The van der Waals surface area contributed by atoms with E-state index >= 15 is 0 Å². The smallest absolute Gasteiger partial charge is 0.262 e. The highest BCUT2D eigenvalue weighted by atomic mass is 32.2. The zero-order chi connectivity index (χ0) is 22.1. The van der Waals surface area contributed by atoms with Crippen LogP contribution < -0.4 is 5.56 Å². The number of ketones is 1. The van der Waals surface area contributed by atoms with E-state index in [0.29, 0.717) is 16.1 Å². The minimum Gasteiger partial charge on any atom is -0.351 e. The van der Waals surface area contributed by atoms with Gasteiger partial charge in [0.15, 0.2) is 10.9 Å². The lowest BCUT2D eigenvalue weighted by molar-refractivity contribution is 0.102. The quantitative estimate of drug-likeness (QED) is 0.247. The molecule has 5 nitrogen and oxygen atoms in total. The fraction of sp³-hybridized carbons (Fsp3) is 0.240. The van der Waals surface area contributed by atoms with Crippen molar-refractivity contribution in [2.24, 2.45) is 7.05 Å². The highest BCUT2D eigenvalue weighted by Crippen LogP contribution is 2.26. The topological polar surface area (TPSA) is 56.9 Å². The summed E-state index contributed by atoms with van der Waals surface area (Å²) >= 11 is 1.32. The Balaban J connectivity index is 1.74. The Morgan fingerprint density at radius 1 is 1.06 bits per heavy atom. The molecule has 4 aromatic rings. The number of hydrogen-bond acceptors (Lipinski definition) is 4. The summed E-state index contributed by atoms with van der Waals surface area (Å²) in [6, 6.07) is 19.0. The van der Waals surface area contributed by atoms with Crippen LogP contribution in [0.15, 0.2) is 70.6 Å². The lowest BCUT2D eigenvalue weighted by Gasteiger charge is -2.20. The largest absolute Gasteiger partial charge is 0.351 e. The van der Waals surface area contributed by atoms with Gasteiger partial charge in [0.05, 0.1) is 22.7 Å². The van der Waals surface area contributed by atoms with Gasteiger partial charge in [0, 0.05) is 24.0 Å². The maximum absolute atomic E-state index is 13.4. The average Bonchev–Trinajstić information content (AvgIpc) is 3.05. The van der Waals surface area contributed by atoms with Crippen molar-refractivity contribution in [1.29, 1.82) is 0 Å². The molecule has 31 heavy (non-hydrogen) atoms. The molecule has 2 aromatic carbocycles. The molecule has 0 saturated heterocycles. The van der Waals surface area contributed by atoms with E-state index in [0.717, 1.165) is 22.5 Å². The van der Waals surface area contributed by atoms with Gasteiger partial charge in [-0.05, 0) is 44.5 Å². The van der Waals surface area contributed by atoms with Crippen molar-refractivity contribution in [1.82, 2.24) is 14.1 Å². The van der Waals surface area contributed by atoms with Crippen LogP contribution in [0.25, 0.3) is 10.9 Å². The van der Waals surface area contributed by atoms with Crippen LogP contribution in [0.2, 0.25) is 0 Å². The molecule has 0 spiro atoms. The normalized spacial score (nSPS) is 12.3. The summed E-state index contributed by atoms with van der Waals surface area (Å²) in [7, 11) is 1.96. The number of benzene rings is 2. The predicted molar refractivity (Wildman–Crippen MR) is 126 cm³/mol. The summed E-state index contributed by atoms with van der Waals surface area (Å²) in [5, 5.41) is 1.13. The summed E-state index contributed by atoms with van der Waals surface area (Å²) < 4.78 is 3.72. The monoisotopic (exact) mass is 431 g/mol. The number of carbonyl (C=O) groups excluding carboxylic acids is 1. The average molecular weight is 432 g/mol. The van der Waals surface area contributed by atoms with E-state index in [4.69, 9.17) is 4.98 Å². The van der Waals surface area contributed by atoms with Gasteiger partial charge in [0.25, 0.3) is 5.56 Å². The molecule has 0 amide bonds. The number of thioether (sulfide) groups is 1. The molecule has 4 rings (SSSR count). The fourth-order valence-corrected chi connectivity index (χ4v) is 4.75. The van der Waals surface area contributed by atoms with Crippen LogP contribution in [-0.4, -0.2) is 25.7 Å². The number of fused-ring (bicyclic) bond motifs is 1. The van der Waals surface area contributed by atoms with Crippen LogP contribution in [-0.2, 0) is 7.05 Å². The highest BCUT2D eigenvalue weighted by molar-refractivity contribution is 7.99. The lowest BCUT2D eigenvalue weighted by atomic mass is 10.1. The number of para-hydroxylation sites is 1. The molecule has 1 atom stereocenters. The van der Waals surface area contributed by atoms with E-state index in [1.54, 1.807) is 10.6 Å². The van der Waals surface area contributed by atoms with E-state index in [2.05, 4.69) is 0 Å².